The molecule has 0 spiro atoms. The van der Waals surface area contributed by atoms with Crippen LogP contribution >= 0.6 is 11.6 Å². The van der Waals surface area contributed by atoms with Crippen LogP contribution in [0.2, 0.25) is 5.02 Å². The SMILES string of the molecule is CNC(Cc1cccc(F)c1F)c1cc(F)c(Cl)cc1F. The maximum atomic E-state index is 13.9. The summed E-state index contributed by atoms with van der Waals surface area (Å²) in [5, 5.41) is 2.43. The lowest BCUT2D eigenvalue weighted by atomic mass is 9.98. The Kier molecular flexibility index (Phi) is 4.85. The molecule has 1 atom stereocenters. The van der Waals surface area contributed by atoms with Gasteiger partial charge in [0.1, 0.15) is 11.6 Å². The highest BCUT2D eigenvalue weighted by Gasteiger charge is 2.19. The molecule has 1 nitrogen and oxygen atoms in total. The summed E-state index contributed by atoms with van der Waals surface area (Å²) in [6.07, 6.45) is -0.0297. The first-order valence-corrected chi connectivity index (χ1v) is 6.56. The van der Waals surface area contributed by atoms with E-state index in [1.165, 1.54) is 19.2 Å². The highest BCUT2D eigenvalue weighted by atomic mass is 35.5. The summed E-state index contributed by atoms with van der Waals surface area (Å²) in [6, 6.07) is 4.85. The number of hydrogen-bond acceptors (Lipinski definition) is 1. The molecule has 0 aliphatic heterocycles. The molecule has 0 radical (unpaired) electrons. The second-order valence-electron chi connectivity index (χ2n) is 4.55. The predicted octanol–water partition coefficient (Wildman–Crippen LogP) is 4.40. The van der Waals surface area contributed by atoms with Crippen LogP contribution in [0.25, 0.3) is 0 Å². The van der Waals surface area contributed by atoms with Crippen molar-refractivity contribution in [2.24, 2.45) is 0 Å². The maximum Gasteiger partial charge on any atom is 0.162 e. The van der Waals surface area contributed by atoms with Crippen LogP contribution in [0.15, 0.2) is 30.3 Å². The fraction of sp³-hybridized carbons (Fsp3) is 0.200. The Morgan fingerprint density at radius 1 is 1.05 bits per heavy atom. The van der Waals surface area contributed by atoms with Crippen LogP contribution in [0.4, 0.5) is 17.6 Å². The highest BCUT2D eigenvalue weighted by Crippen LogP contribution is 2.27. The van der Waals surface area contributed by atoms with Crippen LogP contribution in [0, 0.1) is 23.3 Å². The van der Waals surface area contributed by atoms with Crippen molar-refractivity contribution in [3.63, 3.8) is 0 Å². The average molecular weight is 318 g/mol. The number of nitrogens with one attached hydrogen (secondary N) is 1. The summed E-state index contributed by atoms with van der Waals surface area (Å²) in [6.45, 7) is 0. The van der Waals surface area contributed by atoms with Crippen LogP contribution in [0.3, 0.4) is 0 Å². The van der Waals surface area contributed by atoms with Gasteiger partial charge in [-0.3, -0.25) is 0 Å². The van der Waals surface area contributed by atoms with Crippen molar-refractivity contribution in [3.8, 4) is 0 Å². The summed E-state index contributed by atoms with van der Waals surface area (Å²) in [7, 11) is 1.52. The largest absolute Gasteiger partial charge is 0.313 e. The Hall–Kier alpha value is -1.59. The van der Waals surface area contributed by atoms with Crippen molar-refractivity contribution in [2.75, 3.05) is 7.05 Å². The number of rotatable bonds is 4. The van der Waals surface area contributed by atoms with Crippen molar-refractivity contribution in [2.45, 2.75) is 12.5 Å². The van der Waals surface area contributed by atoms with Crippen LogP contribution in [0.5, 0.6) is 0 Å². The summed E-state index contributed by atoms with van der Waals surface area (Å²) < 4.78 is 54.2. The number of likely N-dealkylation sites (N-methyl/N-ethyl adjacent to an activating group) is 1. The minimum absolute atomic E-state index is 0.00283. The molecule has 21 heavy (non-hydrogen) atoms. The molecule has 2 rings (SSSR count). The predicted molar refractivity (Wildman–Crippen MR) is 73.2 cm³/mol. The molecular formula is C15H12ClF4N. The van der Waals surface area contributed by atoms with Gasteiger partial charge in [0.15, 0.2) is 11.6 Å². The molecule has 0 saturated heterocycles. The summed E-state index contributed by atoms with van der Waals surface area (Å²) >= 11 is 5.50. The van der Waals surface area contributed by atoms with Gasteiger partial charge in [0.25, 0.3) is 0 Å². The third-order valence-electron chi connectivity index (χ3n) is 3.22. The highest BCUT2D eigenvalue weighted by molar-refractivity contribution is 6.30. The van der Waals surface area contributed by atoms with Crippen LogP contribution in [-0.4, -0.2) is 7.05 Å². The third-order valence-corrected chi connectivity index (χ3v) is 3.51. The molecule has 0 saturated carbocycles. The molecular weight excluding hydrogens is 306 g/mol. The zero-order valence-electron chi connectivity index (χ0n) is 11.1. The van der Waals surface area contributed by atoms with Gasteiger partial charge in [-0.1, -0.05) is 23.7 Å². The lowest BCUT2D eigenvalue weighted by Crippen LogP contribution is -2.21. The van der Waals surface area contributed by atoms with E-state index in [2.05, 4.69) is 5.32 Å². The molecule has 0 bridgehead atoms. The van der Waals surface area contributed by atoms with E-state index in [9.17, 15) is 17.6 Å². The van der Waals surface area contributed by atoms with Crippen molar-refractivity contribution < 1.29 is 17.6 Å². The Labute approximate surface area is 124 Å². The van der Waals surface area contributed by atoms with Gasteiger partial charge in [0.05, 0.1) is 5.02 Å². The molecule has 1 N–H and O–H groups in total. The van der Waals surface area contributed by atoms with Gasteiger partial charge < -0.3 is 5.32 Å². The first-order valence-electron chi connectivity index (χ1n) is 6.18. The third kappa shape index (κ3) is 3.36. The van der Waals surface area contributed by atoms with E-state index in [4.69, 9.17) is 11.6 Å². The first-order chi connectivity index (χ1) is 9.93. The van der Waals surface area contributed by atoms with Gasteiger partial charge in [-0.15, -0.1) is 0 Å². The van der Waals surface area contributed by atoms with Gasteiger partial charge in [-0.25, -0.2) is 17.6 Å². The van der Waals surface area contributed by atoms with Crippen molar-refractivity contribution in [1.29, 1.82) is 0 Å². The maximum absolute atomic E-state index is 13.9. The van der Waals surface area contributed by atoms with Crippen molar-refractivity contribution in [3.05, 3.63) is 69.8 Å². The van der Waals surface area contributed by atoms with Gasteiger partial charge >= 0.3 is 0 Å². The average Bonchev–Trinajstić information content (AvgIpc) is 2.45. The molecule has 0 amide bonds. The first kappa shape index (κ1) is 15.8. The molecule has 0 heterocycles. The van der Waals surface area contributed by atoms with Crippen LogP contribution in [0.1, 0.15) is 17.2 Å². The lowest BCUT2D eigenvalue weighted by molar-refractivity contribution is 0.479. The lowest BCUT2D eigenvalue weighted by Gasteiger charge is -2.18. The Balaban J connectivity index is 2.37. The molecule has 0 aliphatic rings. The number of hydrogen-bond donors (Lipinski definition) is 1. The minimum Gasteiger partial charge on any atom is -0.313 e. The minimum atomic E-state index is -0.993. The standard InChI is InChI=1S/C15H12ClF4N/c1-21-14(5-8-3-2-4-11(17)15(8)20)9-6-13(19)10(16)7-12(9)18/h2-4,6-7,14,21H,5H2,1H3. The zero-order valence-corrected chi connectivity index (χ0v) is 11.8. The van der Waals surface area contributed by atoms with E-state index in [-0.39, 0.29) is 22.6 Å². The molecule has 1 unspecified atom stereocenters. The van der Waals surface area contributed by atoms with Crippen molar-refractivity contribution >= 4 is 11.6 Å². The fourth-order valence-electron chi connectivity index (χ4n) is 2.10. The molecule has 0 fully saturated rings. The smallest absolute Gasteiger partial charge is 0.162 e. The van der Waals surface area contributed by atoms with Gasteiger partial charge in [-0.2, -0.15) is 0 Å². The normalized spacial score (nSPS) is 12.5. The molecule has 6 heteroatoms. The van der Waals surface area contributed by atoms with E-state index in [0.717, 1.165) is 18.2 Å². The fourth-order valence-corrected chi connectivity index (χ4v) is 2.25. The Morgan fingerprint density at radius 2 is 1.76 bits per heavy atom. The van der Waals surface area contributed by atoms with E-state index < -0.39 is 29.3 Å². The van der Waals surface area contributed by atoms with E-state index >= 15 is 0 Å². The number of benzene rings is 2. The quantitative estimate of drug-likeness (QED) is 0.651. The molecule has 0 aromatic heterocycles. The monoisotopic (exact) mass is 317 g/mol. The van der Waals surface area contributed by atoms with Crippen LogP contribution < -0.4 is 5.32 Å². The second-order valence-corrected chi connectivity index (χ2v) is 4.95. The molecule has 0 aliphatic carbocycles. The van der Waals surface area contributed by atoms with E-state index in [1.807, 2.05) is 0 Å². The van der Waals surface area contributed by atoms with Gasteiger partial charge in [0.2, 0.25) is 0 Å². The molecule has 2 aromatic carbocycles. The topological polar surface area (TPSA) is 12.0 Å². The summed E-state index contributed by atoms with van der Waals surface area (Å²) in [5.41, 5.74) is 0.0761. The number of halogens is 5. The van der Waals surface area contributed by atoms with E-state index in [0.29, 0.717) is 0 Å². The summed E-state index contributed by atoms with van der Waals surface area (Å²) in [5.74, 6) is -3.46. The van der Waals surface area contributed by atoms with Crippen LogP contribution in [-0.2, 0) is 6.42 Å². The van der Waals surface area contributed by atoms with E-state index in [1.54, 1.807) is 0 Å². The van der Waals surface area contributed by atoms with Crippen molar-refractivity contribution in [1.82, 2.24) is 5.32 Å². The zero-order chi connectivity index (χ0) is 15.6. The molecule has 112 valence electrons. The second kappa shape index (κ2) is 6.45. The van der Waals surface area contributed by atoms with Gasteiger partial charge in [-0.05, 0) is 37.2 Å². The Morgan fingerprint density at radius 3 is 2.43 bits per heavy atom. The Bertz CT molecular complexity index is 660. The molecule has 2 aromatic rings. The summed E-state index contributed by atoms with van der Waals surface area (Å²) in [4.78, 5) is 0. The van der Waals surface area contributed by atoms with Gasteiger partial charge in [0, 0.05) is 11.6 Å².